The minimum absolute atomic E-state index is 0.651. The molecule has 1 heterocycles. The van der Waals surface area contributed by atoms with E-state index in [1.807, 2.05) is 0 Å². The van der Waals surface area contributed by atoms with Crippen LogP contribution in [0.5, 0.6) is 0 Å². The summed E-state index contributed by atoms with van der Waals surface area (Å²) in [5, 5.41) is 0. The van der Waals surface area contributed by atoms with Crippen LogP contribution in [0.4, 0.5) is 5.69 Å². The minimum atomic E-state index is 0.651. The lowest BCUT2D eigenvalue weighted by molar-refractivity contribution is -0.534. The predicted molar refractivity (Wildman–Crippen MR) is 105 cm³/mol. The second-order valence-corrected chi connectivity index (χ2v) is 9.94. The summed E-state index contributed by atoms with van der Waals surface area (Å²) < 4.78 is 2.66. The van der Waals surface area contributed by atoms with Crippen molar-refractivity contribution >= 4 is 12.0 Å². The predicted octanol–water partition coefficient (Wildman–Crippen LogP) is 4.69. The molecular formula is C23H33N2+. The highest BCUT2D eigenvalue weighted by molar-refractivity contribution is 5.80. The third-order valence-corrected chi connectivity index (χ3v) is 7.56. The molecule has 0 radical (unpaired) electrons. The van der Waals surface area contributed by atoms with Crippen molar-refractivity contribution in [3.63, 3.8) is 0 Å². The first-order chi connectivity index (χ1) is 12.0. The number of hydrogen-bond donors (Lipinski definition) is 0. The molecule has 134 valence electrons. The van der Waals surface area contributed by atoms with E-state index in [0.29, 0.717) is 5.41 Å². The Hall–Kier alpha value is -1.31. The van der Waals surface area contributed by atoms with Gasteiger partial charge in [0.25, 0.3) is 0 Å². The Balaban J connectivity index is 1.37. The van der Waals surface area contributed by atoms with Crippen LogP contribution in [0, 0.1) is 43.9 Å². The standard InChI is InChI=1S/C23H33N2/c1-16-6-17(2)22(18(3)7-16)25-5-4-24(15-25)14-23-11-19-8-20(12-23)10-21(9-19)13-23/h6-7,15,19-21H,4-5,8-14H2,1-3H3/q+1. The molecule has 0 spiro atoms. The first-order valence-corrected chi connectivity index (χ1v) is 10.4. The first-order valence-electron chi connectivity index (χ1n) is 10.4. The van der Waals surface area contributed by atoms with Crippen molar-refractivity contribution in [3.8, 4) is 0 Å². The van der Waals surface area contributed by atoms with E-state index < -0.39 is 0 Å². The molecule has 5 aliphatic rings. The van der Waals surface area contributed by atoms with Crippen molar-refractivity contribution in [3.05, 3.63) is 28.8 Å². The van der Waals surface area contributed by atoms with Crippen molar-refractivity contribution in [2.24, 2.45) is 23.2 Å². The summed E-state index contributed by atoms with van der Waals surface area (Å²) in [7, 11) is 0. The lowest BCUT2D eigenvalue weighted by Crippen LogP contribution is -2.49. The highest BCUT2D eigenvalue weighted by Gasteiger charge is 2.52. The van der Waals surface area contributed by atoms with Gasteiger partial charge in [-0.15, -0.1) is 0 Å². The van der Waals surface area contributed by atoms with Crippen molar-refractivity contribution in [1.29, 1.82) is 0 Å². The lowest BCUT2D eigenvalue weighted by Gasteiger charge is -2.56. The zero-order chi connectivity index (χ0) is 17.2. The molecule has 0 aromatic heterocycles. The molecule has 1 aromatic rings. The van der Waals surface area contributed by atoms with E-state index >= 15 is 0 Å². The van der Waals surface area contributed by atoms with Gasteiger partial charge in [0, 0.05) is 5.41 Å². The molecule has 4 saturated carbocycles. The van der Waals surface area contributed by atoms with Gasteiger partial charge in [-0.3, -0.25) is 4.58 Å². The third-order valence-electron chi connectivity index (χ3n) is 7.56. The van der Waals surface area contributed by atoms with E-state index in [0.717, 1.165) is 24.3 Å². The fourth-order valence-electron chi connectivity index (χ4n) is 7.38. The summed E-state index contributed by atoms with van der Waals surface area (Å²) in [6.45, 7) is 10.4. The number of benzene rings is 1. The summed E-state index contributed by atoms with van der Waals surface area (Å²) in [5.74, 6) is 3.18. The van der Waals surface area contributed by atoms with Crippen LogP contribution in [-0.4, -0.2) is 30.5 Å². The van der Waals surface area contributed by atoms with Crippen LogP contribution in [0.1, 0.15) is 55.2 Å². The van der Waals surface area contributed by atoms with E-state index in [4.69, 9.17) is 0 Å². The molecule has 2 nitrogen and oxygen atoms in total. The normalized spacial score (nSPS) is 36.2. The molecule has 0 amide bonds. The highest BCUT2D eigenvalue weighted by atomic mass is 15.3. The Morgan fingerprint density at radius 1 is 0.960 bits per heavy atom. The SMILES string of the molecule is Cc1cc(C)c(N2C=[N+](CC34CC5CC(CC(C5)C3)C4)CC2)c(C)c1. The molecule has 1 aromatic carbocycles. The zero-order valence-electron chi connectivity index (χ0n) is 16.2. The largest absolute Gasteiger partial charge is 0.263 e. The number of rotatable bonds is 3. The Bertz CT molecular complexity index is 671. The van der Waals surface area contributed by atoms with E-state index in [9.17, 15) is 0 Å². The van der Waals surface area contributed by atoms with Crippen LogP contribution < -0.4 is 4.90 Å². The maximum absolute atomic E-state index is 2.66. The van der Waals surface area contributed by atoms with Gasteiger partial charge in [-0.25, -0.2) is 4.90 Å². The number of anilines is 1. The van der Waals surface area contributed by atoms with Gasteiger partial charge in [-0.05, 0) is 88.2 Å². The van der Waals surface area contributed by atoms with Crippen LogP contribution in [0.2, 0.25) is 0 Å². The van der Waals surface area contributed by atoms with Crippen molar-refractivity contribution in [2.75, 3.05) is 24.5 Å². The van der Waals surface area contributed by atoms with Gasteiger partial charge >= 0.3 is 0 Å². The van der Waals surface area contributed by atoms with Crippen LogP contribution in [0.15, 0.2) is 12.1 Å². The Morgan fingerprint density at radius 3 is 2.08 bits per heavy atom. The van der Waals surface area contributed by atoms with Gasteiger partial charge in [-0.1, -0.05) is 17.7 Å². The first kappa shape index (κ1) is 15.9. The van der Waals surface area contributed by atoms with Crippen LogP contribution in [0.3, 0.4) is 0 Å². The molecule has 2 heteroatoms. The summed E-state index contributed by atoms with van der Waals surface area (Å²) in [6, 6.07) is 4.66. The fraction of sp³-hybridized carbons (Fsp3) is 0.696. The number of nitrogens with zero attached hydrogens (tertiary/aromatic N) is 2. The molecule has 0 atom stereocenters. The molecule has 6 rings (SSSR count). The molecule has 0 unspecified atom stereocenters. The smallest absolute Gasteiger partial charge is 0.239 e. The second kappa shape index (κ2) is 5.59. The number of aryl methyl sites for hydroxylation is 3. The van der Waals surface area contributed by atoms with Crippen molar-refractivity contribution in [2.45, 2.75) is 59.3 Å². The maximum Gasteiger partial charge on any atom is 0.239 e. The third kappa shape index (κ3) is 2.73. The lowest BCUT2D eigenvalue weighted by atomic mass is 9.49. The average molecular weight is 338 g/mol. The minimum Gasteiger partial charge on any atom is -0.263 e. The molecule has 4 aliphatic carbocycles. The van der Waals surface area contributed by atoms with Gasteiger partial charge in [0.05, 0.1) is 6.54 Å². The molecule has 0 saturated heterocycles. The zero-order valence-corrected chi connectivity index (χ0v) is 16.2. The summed E-state index contributed by atoms with van der Waals surface area (Å²) in [5.41, 5.74) is 6.32. The Labute approximate surface area is 152 Å². The van der Waals surface area contributed by atoms with Gasteiger partial charge in [0.15, 0.2) is 0 Å². The molecule has 4 fully saturated rings. The van der Waals surface area contributed by atoms with Crippen LogP contribution in [-0.2, 0) is 0 Å². The summed E-state index contributed by atoms with van der Waals surface area (Å²) in [4.78, 5) is 2.52. The molecule has 0 N–H and O–H groups in total. The molecular weight excluding hydrogens is 304 g/mol. The van der Waals surface area contributed by atoms with E-state index in [1.165, 1.54) is 54.7 Å². The van der Waals surface area contributed by atoms with E-state index in [-0.39, 0.29) is 0 Å². The number of hydrogen-bond acceptors (Lipinski definition) is 1. The van der Waals surface area contributed by atoms with Crippen LogP contribution in [0.25, 0.3) is 0 Å². The Kier molecular flexibility index (Phi) is 3.56. The summed E-state index contributed by atoms with van der Waals surface area (Å²) in [6.07, 6.45) is 11.7. The van der Waals surface area contributed by atoms with Gasteiger partial charge < -0.3 is 0 Å². The van der Waals surface area contributed by atoms with E-state index in [1.54, 1.807) is 19.3 Å². The summed E-state index contributed by atoms with van der Waals surface area (Å²) >= 11 is 0. The van der Waals surface area contributed by atoms with Gasteiger partial charge in [0.2, 0.25) is 6.34 Å². The maximum atomic E-state index is 2.66. The fourth-order valence-corrected chi connectivity index (χ4v) is 7.38. The van der Waals surface area contributed by atoms with E-state index in [2.05, 4.69) is 48.7 Å². The highest BCUT2D eigenvalue weighted by Crippen LogP contribution is 2.60. The van der Waals surface area contributed by atoms with Gasteiger partial charge in [0.1, 0.15) is 18.8 Å². The monoisotopic (exact) mass is 337 g/mol. The Morgan fingerprint density at radius 2 is 1.52 bits per heavy atom. The molecule has 1 aliphatic heterocycles. The topological polar surface area (TPSA) is 6.25 Å². The quantitative estimate of drug-likeness (QED) is 0.725. The average Bonchev–Trinajstić information content (AvgIpc) is 2.91. The van der Waals surface area contributed by atoms with Gasteiger partial charge in [-0.2, -0.15) is 0 Å². The van der Waals surface area contributed by atoms with Crippen molar-refractivity contribution < 1.29 is 4.58 Å². The van der Waals surface area contributed by atoms with Crippen LogP contribution >= 0.6 is 0 Å². The van der Waals surface area contributed by atoms with Crippen molar-refractivity contribution in [1.82, 2.24) is 0 Å². The second-order valence-electron chi connectivity index (χ2n) is 9.94. The molecule has 4 bridgehead atoms. The molecule has 25 heavy (non-hydrogen) atoms.